The lowest BCUT2D eigenvalue weighted by atomic mass is 10.1. The van der Waals surface area contributed by atoms with E-state index in [0.29, 0.717) is 13.0 Å². The normalized spacial score (nSPS) is 12.0. The van der Waals surface area contributed by atoms with Crippen molar-refractivity contribution in [1.82, 2.24) is 0 Å². The number of ether oxygens (including phenoxy) is 1. The van der Waals surface area contributed by atoms with E-state index in [4.69, 9.17) is 9.84 Å². The highest BCUT2D eigenvalue weighted by Gasteiger charge is 2.20. The first-order valence-electron chi connectivity index (χ1n) is 6.25. The SMILES string of the molecule is CCOc1ccc(N(C)C(=O)C(CC)CO)cc1. The fourth-order valence-corrected chi connectivity index (χ4v) is 1.72. The molecule has 0 heterocycles. The molecule has 1 unspecified atom stereocenters. The number of aliphatic hydroxyl groups excluding tert-OH is 1. The molecule has 0 bridgehead atoms. The van der Waals surface area contributed by atoms with Crippen LogP contribution in [0.3, 0.4) is 0 Å². The quantitative estimate of drug-likeness (QED) is 0.842. The number of amides is 1. The lowest BCUT2D eigenvalue weighted by Gasteiger charge is -2.22. The zero-order chi connectivity index (χ0) is 13.5. The van der Waals surface area contributed by atoms with Crippen LogP contribution in [0.25, 0.3) is 0 Å². The van der Waals surface area contributed by atoms with Gasteiger partial charge in [-0.2, -0.15) is 0 Å². The summed E-state index contributed by atoms with van der Waals surface area (Å²) in [6, 6.07) is 7.35. The van der Waals surface area contributed by atoms with E-state index >= 15 is 0 Å². The molecule has 0 aliphatic rings. The molecule has 1 amide bonds. The van der Waals surface area contributed by atoms with Crippen molar-refractivity contribution in [2.24, 2.45) is 5.92 Å². The highest BCUT2D eigenvalue weighted by molar-refractivity contribution is 5.94. The number of rotatable bonds is 6. The van der Waals surface area contributed by atoms with Gasteiger partial charge >= 0.3 is 0 Å². The van der Waals surface area contributed by atoms with Gasteiger partial charge in [0.2, 0.25) is 5.91 Å². The first kappa shape index (κ1) is 14.5. The summed E-state index contributed by atoms with van der Waals surface area (Å²) < 4.78 is 5.35. The standard InChI is InChI=1S/C14H21NO3/c1-4-11(10-16)14(17)15(3)12-6-8-13(9-7-12)18-5-2/h6-9,11,16H,4-5,10H2,1-3H3. The van der Waals surface area contributed by atoms with E-state index < -0.39 is 0 Å². The molecule has 0 saturated carbocycles. The molecule has 0 aromatic heterocycles. The average molecular weight is 251 g/mol. The Hall–Kier alpha value is -1.55. The Morgan fingerprint density at radius 2 is 1.94 bits per heavy atom. The second-order valence-electron chi connectivity index (χ2n) is 4.11. The molecular weight excluding hydrogens is 230 g/mol. The highest BCUT2D eigenvalue weighted by Crippen LogP contribution is 2.20. The molecule has 0 aliphatic heterocycles. The molecule has 18 heavy (non-hydrogen) atoms. The van der Waals surface area contributed by atoms with Gasteiger partial charge in [0.15, 0.2) is 0 Å². The van der Waals surface area contributed by atoms with Crippen molar-refractivity contribution in [3.63, 3.8) is 0 Å². The van der Waals surface area contributed by atoms with E-state index in [9.17, 15) is 4.79 Å². The fraction of sp³-hybridized carbons (Fsp3) is 0.500. The third-order valence-corrected chi connectivity index (χ3v) is 2.93. The van der Waals surface area contributed by atoms with E-state index in [1.165, 1.54) is 0 Å². The first-order valence-corrected chi connectivity index (χ1v) is 6.25. The van der Waals surface area contributed by atoms with Gasteiger partial charge in [0.05, 0.1) is 19.1 Å². The molecule has 1 atom stereocenters. The first-order chi connectivity index (χ1) is 8.63. The second-order valence-corrected chi connectivity index (χ2v) is 4.11. The Morgan fingerprint density at radius 3 is 2.39 bits per heavy atom. The fourth-order valence-electron chi connectivity index (χ4n) is 1.72. The number of aliphatic hydroxyl groups is 1. The van der Waals surface area contributed by atoms with Gasteiger partial charge in [-0.1, -0.05) is 6.92 Å². The molecule has 0 fully saturated rings. The summed E-state index contributed by atoms with van der Waals surface area (Å²) in [5, 5.41) is 9.14. The predicted molar refractivity (Wildman–Crippen MR) is 71.9 cm³/mol. The smallest absolute Gasteiger partial charge is 0.232 e. The van der Waals surface area contributed by atoms with E-state index in [-0.39, 0.29) is 18.4 Å². The van der Waals surface area contributed by atoms with Crippen molar-refractivity contribution in [1.29, 1.82) is 0 Å². The lowest BCUT2D eigenvalue weighted by Crippen LogP contribution is -2.34. The molecule has 1 aromatic rings. The van der Waals surface area contributed by atoms with Crippen LogP contribution in [0.2, 0.25) is 0 Å². The molecule has 4 nitrogen and oxygen atoms in total. The van der Waals surface area contributed by atoms with Crippen molar-refractivity contribution in [2.75, 3.05) is 25.2 Å². The van der Waals surface area contributed by atoms with Crippen molar-refractivity contribution < 1.29 is 14.6 Å². The Morgan fingerprint density at radius 1 is 1.33 bits per heavy atom. The van der Waals surface area contributed by atoms with Crippen LogP contribution in [0.1, 0.15) is 20.3 Å². The van der Waals surface area contributed by atoms with Gasteiger partial charge in [0, 0.05) is 12.7 Å². The summed E-state index contributed by atoms with van der Waals surface area (Å²) in [6.45, 7) is 4.33. The Balaban J connectivity index is 2.77. The topological polar surface area (TPSA) is 49.8 Å². The number of hydrogen-bond donors (Lipinski definition) is 1. The van der Waals surface area contributed by atoms with Crippen LogP contribution in [0.15, 0.2) is 24.3 Å². The number of hydrogen-bond acceptors (Lipinski definition) is 3. The monoisotopic (exact) mass is 251 g/mol. The van der Waals surface area contributed by atoms with Crippen LogP contribution in [0, 0.1) is 5.92 Å². The summed E-state index contributed by atoms with van der Waals surface area (Å²) in [7, 11) is 1.72. The van der Waals surface area contributed by atoms with Crippen molar-refractivity contribution >= 4 is 11.6 Å². The molecule has 0 radical (unpaired) electrons. The summed E-state index contributed by atoms with van der Waals surface area (Å²) in [5.41, 5.74) is 0.801. The van der Waals surface area contributed by atoms with Gasteiger partial charge in [-0.3, -0.25) is 4.79 Å². The molecule has 0 aliphatic carbocycles. The third-order valence-electron chi connectivity index (χ3n) is 2.93. The second kappa shape index (κ2) is 7.01. The molecule has 1 N–H and O–H groups in total. The molecule has 0 saturated heterocycles. The largest absolute Gasteiger partial charge is 0.494 e. The number of carbonyl (C=O) groups is 1. The average Bonchev–Trinajstić information content (AvgIpc) is 2.40. The van der Waals surface area contributed by atoms with Gasteiger partial charge in [0.1, 0.15) is 5.75 Å². The summed E-state index contributed by atoms with van der Waals surface area (Å²) in [4.78, 5) is 13.6. The Bertz CT molecular complexity index is 371. The number of anilines is 1. The Kier molecular flexibility index (Phi) is 5.65. The lowest BCUT2D eigenvalue weighted by molar-refractivity contribution is -0.123. The molecule has 100 valence electrons. The molecular formula is C14H21NO3. The highest BCUT2D eigenvalue weighted by atomic mass is 16.5. The zero-order valence-electron chi connectivity index (χ0n) is 11.2. The van der Waals surface area contributed by atoms with Gasteiger partial charge < -0.3 is 14.7 Å². The Labute approximate surface area is 108 Å². The molecule has 1 rings (SSSR count). The van der Waals surface area contributed by atoms with Gasteiger partial charge in [-0.05, 0) is 37.6 Å². The van der Waals surface area contributed by atoms with Crippen molar-refractivity contribution in [2.45, 2.75) is 20.3 Å². The minimum absolute atomic E-state index is 0.0656. The van der Waals surface area contributed by atoms with Crippen molar-refractivity contribution in [3.8, 4) is 5.75 Å². The van der Waals surface area contributed by atoms with E-state index in [1.807, 2.05) is 38.1 Å². The van der Waals surface area contributed by atoms with E-state index in [1.54, 1.807) is 11.9 Å². The molecule has 0 spiro atoms. The van der Waals surface area contributed by atoms with Crippen LogP contribution in [0.5, 0.6) is 5.75 Å². The van der Waals surface area contributed by atoms with Crippen LogP contribution in [-0.2, 0) is 4.79 Å². The summed E-state index contributed by atoms with van der Waals surface area (Å²) in [5.74, 6) is 0.391. The number of benzene rings is 1. The van der Waals surface area contributed by atoms with Crippen LogP contribution in [0.4, 0.5) is 5.69 Å². The minimum Gasteiger partial charge on any atom is -0.494 e. The van der Waals surface area contributed by atoms with Gasteiger partial charge in [-0.25, -0.2) is 0 Å². The number of nitrogens with zero attached hydrogens (tertiary/aromatic N) is 1. The maximum absolute atomic E-state index is 12.1. The maximum Gasteiger partial charge on any atom is 0.232 e. The maximum atomic E-state index is 12.1. The van der Waals surface area contributed by atoms with E-state index in [2.05, 4.69) is 0 Å². The summed E-state index contributed by atoms with van der Waals surface area (Å²) >= 11 is 0. The van der Waals surface area contributed by atoms with E-state index in [0.717, 1.165) is 11.4 Å². The molecule has 1 aromatic carbocycles. The van der Waals surface area contributed by atoms with Gasteiger partial charge in [-0.15, -0.1) is 0 Å². The zero-order valence-corrected chi connectivity index (χ0v) is 11.2. The minimum atomic E-state index is -0.332. The summed E-state index contributed by atoms with van der Waals surface area (Å²) in [6.07, 6.45) is 0.636. The van der Waals surface area contributed by atoms with Crippen molar-refractivity contribution in [3.05, 3.63) is 24.3 Å². The van der Waals surface area contributed by atoms with Gasteiger partial charge in [0.25, 0.3) is 0 Å². The number of carbonyl (C=O) groups excluding carboxylic acids is 1. The van der Waals surface area contributed by atoms with Crippen LogP contribution in [-0.4, -0.2) is 31.3 Å². The van der Waals surface area contributed by atoms with Crippen LogP contribution >= 0.6 is 0 Å². The van der Waals surface area contributed by atoms with Crippen LogP contribution < -0.4 is 9.64 Å². The predicted octanol–water partition coefficient (Wildman–Crippen LogP) is 2.07. The molecule has 4 heteroatoms. The third kappa shape index (κ3) is 3.47.